The molecule has 4 rings (SSSR count). The van der Waals surface area contributed by atoms with E-state index in [1.54, 1.807) is 4.90 Å². The van der Waals surface area contributed by atoms with Gasteiger partial charge in [-0.1, -0.05) is 44.9 Å². The standard InChI is InChI=1S/C25H35N3O2/c1-3-4-13-26-22-8-6-5-7-19(22)14-18-10-11-21-20(15-18)16-28(25(21)30)23-12-9-17(2)27-24(23)29/h10-11,15,19,22-23,26H,2-9,12-14,16H2,1H3,(H,27,29)/t19-,22+,23?/m1/s1. The summed E-state index contributed by atoms with van der Waals surface area (Å²) in [4.78, 5) is 27.1. The zero-order valence-electron chi connectivity index (χ0n) is 18.2. The van der Waals surface area contributed by atoms with Gasteiger partial charge in [0.2, 0.25) is 5.91 Å². The van der Waals surface area contributed by atoms with Gasteiger partial charge >= 0.3 is 0 Å². The van der Waals surface area contributed by atoms with Crippen molar-refractivity contribution in [3.8, 4) is 0 Å². The molecule has 1 aliphatic carbocycles. The first-order valence-corrected chi connectivity index (χ1v) is 11.7. The molecular formula is C25H35N3O2. The van der Waals surface area contributed by atoms with Crippen LogP contribution >= 0.6 is 0 Å². The maximum atomic E-state index is 12.9. The fraction of sp³-hybridized carbons (Fsp3) is 0.600. The Kier molecular flexibility index (Phi) is 6.57. The van der Waals surface area contributed by atoms with Crippen LogP contribution in [-0.4, -0.2) is 35.3 Å². The third-order valence-electron chi connectivity index (χ3n) is 7.04. The molecule has 2 heterocycles. The van der Waals surface area contributed by atoms with Gasteiger partial charge in [-0.05, 0) is 68.2 Å². The molecule has 3 atom stereocenters. The van der Waals surface area contributed by atoms with Crippen LogP contribution in [0, 0.1) is 5.92 Å². The molecule has 162 valence electrons. The summed E-state index contributed by atoms with van der Waals surface area (Å²) in [6.45, 7) is 7.73. The summed E-state index contributed by atoms with van der Waals surface area (Å²) < 4.78 is 0. The van der Waals surface area contributed by atoms with Crippen LogP contribution in [0.1, 0.15) is 79.8 Å². The molecule has 5 nitrogen and oxygen atoms in total. The van der Waals surface area contributed by atoms with E-state index in [1.807, 2.05) is 6.07 Å². The Hall–Kier alpha value is -2.14. The van der Waals surface area contributed by atoms with Crippen molar-refractivity contribution >= 4 is 11.8 Å². The monoisotopic (exact) mass is 409 g/mol. The number of allylic oxidation sites excluding steroid dienone is 1. The van der Waals surface area contributed by atoms with Crippen molar-refractivity contribution in [1.82, 2.24) is 15.5 Å². The molecule has 1 aromatic rings. The number of hydrogen-bond donors (Lipinski definition) is 2. The van der Waals surface area contributed by atoms with E-state index in [-0.39, 0.29) is 17.9 Å². The summed E-state index contributed by atoms with van der Waals surface area (Å²) in [7, 11) is 0. The third-order valence-corrected chi connectivity index (χ3v) is 7.04. The van der Waals surface area contributed by atoms with Crippen molar-refractivity contribution in [2.45, 2.75) is 83.3 Å². The van der Waals surface area contributed by atoms with Crippen molar-refractivity contribution in [1.29, 1.82) is 0 Å². The molecule has 0 bridgehead atoms. The molecule has 2 N–H and O–H groups in total. The van der Waals surface area contributed by atoms with Gasteiger partial charge in [-0.15, -0.1) is 0 Å². The van der Waals surface area contributed by atoms with Gasteiger partial charge in [-0.3, -0.25) is 9.59 Å². The highest BCUT2D eigenvalue weighted by Gasteiger charge is 2.38. The van der Waals surface area contributed by atoms with Crippen LogP contribution in [0.25, 0.3) is 0 Å². The summed E-state index contributed by atoms with van der Waals surface area (Å²) >= 11 is 0. The lowest BCUT2D eigenvalue weighted by Gasteiger charge is -2.32. The average Bonchev–Trinajstić information content (AvgIpc) is 3.05. The molecule has 0 aromatic heterocycles. The van der Waals surface area contributed by atoms with Gasteiger partial charge in [0.25, 0.3) is 5.91 Å². The molecule has 1 aromatic carbocycles. The van der Waals surface area contributed by atoms with Gasteiger partial charge in [0.15, 0.2) is 0 Å². The Morgan fingerprint density at radius 3 is 2.83 bits per heavy atom. The lowest BCUT2D eigenvalue weighted by Crippen LogP contribution is -2.49. The minimum atomic E-state index is -0.385. The lowest BCUT2D eigenvalue weighted by molar-refractivity contribution is -0.126. The fourth-order valence-electron chi connectivity index (χ4n) is 5.32. The van der Waals surface area contributed by atoms with E-state index in [1.165, 1.54) is 44.1 Å². The number of unbranched alkanes of at least 4 members (excludes halogenated alkanes) is 1. The number of benzene rings is 1. The number of amides is 2. The van der Waals surface area contributed by atoms with Crippen molar-refractivity contribution in [2.75, 3.05) is 6.54 Å². The summed E-state index contributed by atoms with van der Waals surface area (Å²) in [6.07, 6.45) is 10.1. The number of nitrogens with one attached hydrogen (secondary N) is 2. The van der Waals surface area contributed by atoms with Crippen LogP contribution in [0.3, 0.4) is 0 Å². The first-order valence-electron chi connectivity index (χ1n) is 11.7. The van der Waals surface area contributed by atoms with E-state index in [4.69, 9.17) is 0 Å². The van der Waals surface area contributed by atoms with E-state index in [0.717, 1.165) is 36.2 Å². The molecular weight excluding hydrogens is 374 g/mol. The molecule has 1 saturated carbocycles. The third kappa shape index (κ3) is 4.46. The quantitative estimate of drug-likeness (QED) is 0.671. The predicted octanol–water partition coefficient (Wildman–Crippen LogP) is 3.93. The van der Waals surface area contributed by atoms with Crippen molar-refractivity contribution in [3.05, 3.63) is 47.2 Å². The molecule has 1 unspecified atom stereocenters. The lowest BCUT2D eigenvalue weighted by atomic mass is 9.80. The largest absolute Gasteiger partial charge is 0.329 e. The van der Waals surface area contributed by atoms with E-state index >= 15 is 0 Å². The van der Waals surface area contributed by atoms with Gasteiger partial charge in [0.1, 0.15) is 6.04 Å². The number of fused-ring (bicyclic) bond motifs is 1. The van der Waals surface area contributed by atoms with Crippen LogP contribution in [0.4, 0.5) is 0 Å². The highest BCUT2D eigenvalue weighted by Crippen LogP contribution is 2.32. The van der Waals surface area contributed by atoms with E-state index < -0.39 is 0 Å². The Morgan fingerprint density at radius 1 is 1.20 bits per heavy atom. The van der Waals surface area contributed by atoms with Crippen LogP contribution in [-0.2, 0) is 17.8 Å². The normalized spacial score (nSPS) is 26.6. The van der Waals surface area contributed by atoms with Crippen LogP contribution in [0.15, 0.2) is 30.5 Å². The van der Waals surface area contributed by atoms with Crippen molar-refractivity contribution in [2.24, 2.45) is 5.92 Å². The van der Waals surface area contributed by atoms with Crippen molar-refractivity contribution < 1.29 is 9.59 Å². The number of hydrogen-bond acceptors (Lipinski definition) is 3. The van der Waals surface area contributed by atoms with Crippen LogP contribution in [0.5, 0.6) is 0 Å². The molecule has 1 saturated heterocycles. The molecule has 2 aliphatic heterocycles. The number of rotatable bonds is 7. The SMILES string of the molecule is C=C1CCC(N2Cc3cc(C[C@H]4CCCC[C@@H]4NCCCC)ccc3C2=O)C(=O)N1. The Bertz CT molecular complexity index is 819. The Morgan fingerprint density at radius 2 is 2.03 bits per heavy atom. The number of carbonyl (C=O) groups is 2. The van der Waals surface area contributed by atoms with Gasteiger partial charge in [-0.25, -0.2) is 0 Å². The van der Waals surface area contributed by atoms with Gasteiger partial charge in [-0.2, -0.15) is 0 Å². The number of piperidine rings is 1. The maximum Gasteiger partial charge on any atom is 0.255 e. The predicted molar refractivity (Wildman–Crippen MR) is 119 cm³/mol. The Labute approximate surface area is 180 Å². The van der Waals surface area contributed by atoms with Gasteiger partial charge in [0, 0.05) is 23.8 Å². The Balaban J connectivity index is 1.43. The molecule has 5 heteroatoms. The van der Waals surface area contributed by atoms with Gasteiger partial charge in [0.05, 0.1) is 0 Å². The maximum absolute atomic E-state index is 12.9. The zero-order valence-corrected chi connectivity index (χ0v) is 18.2. The zero-order chi connectivity index (χ0) is 21.1. The second kappa shape index (κ2) is 9.34. The smallest absolute Gasteiger partial charge is 0.255 e. The van der Waals surface area contributed by atoms with E-state index in [9.17, 15) is 9.59 Å². The molecule has 0 spiro atoms. The minimum Gasteiger partial charge on any atom is -0.329 e. The topological polar surface area (TPSA) is 61.4 Å². The molecule has 2 amide bonds. The molecule has 30 heavy (non-hydrogen) atoms. The van der Waals surface area contributed by atoms with Gasteiger partial charge < -0.3 is 15.5 Å². The summed E-state index contributed by atoms with van der Waals surface area (Å²) in [6, 6.07) is 6.54. The molecule has 2 fully saturated rings. The fourth-order valence-corrected chi connectivity index (χ4v) is 5.32. The van der Waals surface area contributed by atoms with Crippen LogP contribution in [0.2, 0.25) is 0 Å². The van der Waals surface area contributed by atoms with E-state index in [0.29, 0.717) is 24.9 Å². The minimum absolute atomic E-state index is 0.0130. The highest BCUT2D eigenvalue weighted by molar-refractivity contribution is 6.01. The molecule has 3 aliphatic rings. The van der Waals surface area contributed by atoms with Crippen molar-refractivity contribution in [3.63, 3.8) is 0 Å². The summed E-state index contributed by atoms with van der Waals surface area (Å²) in [5.41, 5.74) is 3.90. The van der Waals surface area contributed by atoms with E-state index in [2.05, 4.69) is 36.3 Å². The highest BCUT2D eigenvalue weighted by atomic mass is 16.2. The van der Waals surface area contributed by atoms with Crippen LogP contribution < -0.4 is 10.6 Å². The number of nitrogens with zero attached hydrogens (tertiary/aromatic N) is 1. The summed E-state index contributed by atoms with van der Waals surface area (Å²) in [5, 5.41) is 6.61. The second-order valence-corrected chi connectivity index (χ2v) is 9.23. The summed E-state index contributed by atoms with van der Waals surface area (Å²) in [5.74, 6) is 0.550. The molecule has 0 radical (unpaired) electrons. The second-order valence-electron chi connectivity index (χ2n) is 9.23. The first kappa shape index (κ1) is 21.1. The first-order chi connectivity index (χ1) is 14.6. The average molecular weight is 410 g/mol. The number of carbonyl (C=O) groups excluding carboxylic acids is 2.